The van der Waals surface area contributed by atoms with Gasteiger partial charge in [0.1, 0.15) is 5.75 Å². The van der Waals surface area contributed by atoms with E-state index in [0.717, 1.165) is 17.7 Å². The lowest BCUT2D eigenvalue weighted by Crippen LogP contribution is -2.31. The molecule has 11 heteroatoms. The summed E-state index contributed by atoms with van der Waals surface area (Å²) in [5.41, 5.74) is 7.69. The number of nitrogens with two attached hydrogens (primary N) is 1. The summed E-state index contributed by atoms with van der Waals surface area (Å²) >= 11 is 0. The predicted octanol–water partition coefficient (Wildman–Crippen LogP) is 3.34. The minimum absolute atomic E-state index is 0.0762. The molecule has 0 saturated carbocycles. The molecule has 0 fully saturated rings. The molecule has 0 amide bonds. The lowest BCUT2D eigenvalue weighted by molar-refractivity contribution is -0.274. The lowest BCUT2D eigenvalue weighted by atomic mass is 10.1. The van der Waals surface area contributed by atoms with Crippen LogP contribution in [0.4, 0.5) is 18.9 Å². The number of halogens is 3. The molecule has 0 atom stereocenters. The maximum atomic E-state index is 12.2. The molecule has 164 valence electrons. The third kappa shape index (κ3) is 8.70. The number of nitrogens with zero attached hydrogens (tertiary/aromatic N) is 1. The van der Waals surface area contributed by atoms with Gasteiger partial charge < -0.3 is 15.8 Å². The fraction of sp³-hybridized carbons (Fsp3) is 0.316. The lowest BCUT2D eigenvalue weighted by Gasteiger charge is -2.10. The van der Waals surface area contributed by atoms with E-state index in [2.05, 4.69) is 19.8 Å². The van der Waals surface area contributed by atoms with Crippen LogP contribution in [0.3, 0.4) is 0 Å². The number of hydrogen-bond donors (Lipinski definition) is 3. The van der Waals surface area contributed by atoms with E-state index < -0.39 is 16.4 Å². The molecule has 0 aliphatic heterocycles. The summed E-state index contributed by atoms with van der Waals surface area (Å²) < 4.78 is 66.7. The normalized spacial score (nSPS) is 12.8. The molecular formula is C19H23F3N4O3S. The van der Waals surface area contributed by atoms with Gasteiger partial charge in [0, 0.05) is 11.7 Å². The number of nitrogens with one attached hydrogen (secondary N) is 2. The summed E-state index contributed by atoms with van der Waals surface area (Å²) in [5, 5.41) is 2.77. The molecule has 0 bridgehead atoms. The number of hydrogen-bond acceptors (Lipinski definition) is 4. The van der Waals surface area contributed by atoms with Crippen LogP contribution >= 0.6 is 0 Å². The summed E-state index contributed by atoms with van der Waals surface area (Å²) in [4.78, 5) is 4.16. The molecule has 4 N–H and O–H groups in total. The van der Waals surface area contributed by atoms with Crippen molar-refractivity contribution in [2.45, 2.75) is 38.5 Å². The summed E-state index contributed by atoms with van der Waals surface area (Å²) in [6.45, 7) is 3.74. The zero-order valence-corrected chi connectivity index (χ0v) is 17.2. The average Bonchev–Trinajstić information content (AvgIpc) is 2.60. The Morgan fingerprint density at radius 3 is 2.17 bits per heavy atom. The standard InChI is InChI=1S/C19H23F3N4O3S/c1-13(2)26-30(27,28)12-15-5-3-14(4-6-15)11-24-18(23)25-16-7-9-17(10-8-16)29-19(20,21)22/h3-10,13,26H,11-12H2,1-2H3,(H3,23,24,25). The van der Waals surface area contributed by atoms with Gasteiger partial charge in [-0.3, -0.25) is 0 Å². The third-order valence-electron chi connectivity index (χ3n) is 3.59. The number of sulfonamides is 1. The molecule has 2 rings (SSSR count). The molecule has 0 unspecified atom stereocenters. The topological polar surface area (TPSA) is 106 Å². The highest BCUT2D eigenvalue weighted by atomic mass is 32.2. The van der Waals surface area contributed by atoms with E-state index in [-0.39, 0.29) is 30.0 Å². The third-order valence-corrected chi connectivity index (χ3v) is 5.13. The first-order valence-corrected chi connectivity index (χ1v) is 10.6. The fourth-order valence-electron chi connectivity index (χ4n) is 2.46. The Hall–Kier alpha value is -2.79. The van der Waals surface area contributed by atoms with Crippen molar-refractivity contribution in [1.29, 1.82) is 0 Å². The van der Waals surface area contributed by atoms with Gasteiger partial charge in [-0.15, -0.1) is 13.2 Å². The first-order valence-electron chi connectivity index (χ1n) is 8.92. The predicted molar refractivity (Wildman–Crippen MR) is 109 cm³/mol. The smallest absolute Gasteiger partial charge is 0.406 e. The number of alkyl halides is 3. The molecule has 0 spiro atoms. The molecule has 2 aromatic rings. The van der Waals surface area contributed by atoms with Crippen molar-refractivity contribution in [3.8, 4) is 5.75 Å². The van der Waals surface area contributed by atoms with Gasteiger partial charge >= 0.3 is 6.36 Å². The van der Waals surface area contributed by atoms with Gasteiger partial charge in [-0.25, -0.2) is 18.1 Å². The molecule has 0 radical (unpaired) electrons. The summed E-state index contributed by atoms with van der Waals surface area (Å²) in [5.74, 6) is -0.381. The molecule has 0 saturated heterocycles. The SMILES string of the molecule is CC(C)NS(=O)(=O)Cc1ccc(CN=C(N)Nc2ccc(OC(F)(F)F)cc2)cc1. The van der Waals surface area contributed by atoms with Crippen LogP contribution in [-0.4, -0.2) is 26.8 Å². The van der Waals surface area contributed by atoms with Crippen LogP contribution in [0, 0.1) is 0 Å². The van der Waals surface area contributed by atoms with Crippen LogP contribution in [0.15, 0.2) is 53.5 Å². The van der Waals surface area contributed by atoms with Crippen molar-refractivity contribution in [3.63, 3.8) is 0 Å². The van der Waals surface area contributed by atoms with Gasteiger partial charge in [-0.2, -0.15) is 0 Å². The van der Waals surface area contributed by atoms with Crippen molar-refractivity contribution in [1.82, 2.24) is 4.72 Å². The van der Waals surface area contributed by atoms with E-state index in [0.29, 0.717) is 11.3 Å². The molecule has 30 heavy (non-hydrogen) atoms. The Labute approximate surface area is 173 Å². The minimum Gasteiger partial charge on any atom is -0.406 e. The van der Waals surface area contributed by atoms with E-state index in [1.807, 2.05) is 0 Å². The van der Waals surface area contributed by atoms with Crippen molar-refractivity contribution in [2.75, 3.05) is 5.32 Å². The summed E-state index contributed by atoms with van der Waals surface area (Å²) in [6.07, 6.45) is -4.75. The average molecular weight is 444 g/mol. The van der Waals surface area contributed by atoms with Crippen LogP contribution < -0.4 is 20.5 Å². The number of anilines is 1. The second-order valence-corrected chi connectivity index (χ2v) is 8.50. The maximum Gasteiger partial charge on any atom is 0.573 e. The van der Waals surface area contributed by atoms with Crippen LogP contribution in [-0.2, 0) is 22.3 Å². The molecule has 0 aliphatic rings. The Balaban J connectivity index is 1.91. The van der Waals surface area contributed by atoms with E-state index in [1.165, 1.54) is 12.1 Å². The summed E-state index contributed by atoms with van der Waals surface area (Å²) in [7, 11) is -3.40. The first kappa shape index (κ1) is 23.5. The van der Waals surface area contributed by atoms with Crippen molar-refractivity contribution in [3.05, 3.63) is 59.7 Å². The molecule has 0 aliphatic carbocycles. The van der Waals surface area contributed by atoms with Gasteiger partial charge in [-0.05, 0) is 49.2 Å². The minimum atomic E-state index is -4.75. The van der Waals surface area contributed by atoms with Crippen LogP contribution in [0.25, 0.3) is 0 Å². The summed E-state index contributed by atoms with van der Waals surface area (Å²) in [6, 6.07) is 11.8. The van der Waals surface area contributed by atoms with Gasteiger partial charge in [0.2, 0.25) is 10.0 Å². The second-order valence-electron chi connectivity index (χ2n) is 6.75. The van der Waals surface area contributed by atoms with Crippen LogP contribution in [0.2, 0.25) is 0 Å². The monoisotopic (exact) mass is 444 g/mol. The van der Waals surface area contributed by atoms with Crippen LogP contribution in [0.5, 0.6) is 5.75 Å². The van der Waals surface area contributed by atoms with Crippen molar-refractivity contribution >= 4 is 21.7 Å². The van der Waals surface area contributed by atoms with Gasteiger partial charge in [0.15, 0.2) is 5.96 Å². The number of aliphatic imine (C=N–C) groups is 1. The maximum absolute atomic E-state index is 12.2. The Morgan fingerprint density at radius 2 is 1.63 bits per heavy atom. The number of rotatable bonds is 8. The Kier molecular flexibility index (Phi) is 7.68. The second kappa shape index (κ2) is 9.81. The quantitative estimate of drug-likeness (QED) is 0.428. The van der Waals surface area contributed by atoms with Gasteiger partial charge in [0.25, 0.3) is 0 Å². The van der Waals surface area contributed by atoms with Crippen LogP contribution in [0.1, 0.15) is 25.0 Å². The first-order chi connectivity index (χ1) is 13.9. The number of guanidine groups is 1. The van der Waals surface area contributed by atoms with E-state index >= 15 is 0 Å². The molecule has 0 heterocycles. The molecule has 2 aromatic carbocycles. The highest BCUT2D eigenvalue weighted by Crippen LogP contribution is 2.23. The highest BCUT2D eigenvalue weighted by Gasteiger charge is 2.30. The number of ether oxygens (including phenoxy) is 1. The van der Waals surface area contributed by atoms with Crippen molar-refractivity contribution < 1.29 is 26.3 Å². The zero-order valence-electron chi connectivity index (χ0n) is 16.4. The fourth-order valence-corrected chi connectivity index (χ4v) is 3.90. The van der Waals surface area contributed by atoms with E-state index in [1.54, 1.807) is 38.1 Å². The van der Waals surface area contributed by atoms with E-state index in [4.69, 9.17) is 5.73 Å². The molecular weight excluding hydrogens is 421 g/mol. The van der Waals surface area contributed by atoms with Gasteiger partial charge in [0.05, 0.1) is 12.3 Å². The van der Waals surface area contributed by atoms with Gasteiger partial charge in [-0.1, -0.05) is 24.3 Å². The molecule has 0 aromatic heterocycles. The Morgan fingerprint density at radius 1 is 1.07 bits per heavy atom. The Bertz CT molecular complexity index is 958. The largest absolute Gasteiger partial charge is 0.573 e. The zero-order chi connectivity index (χ0) is 22.4. The molecule has 7 nitrogen and oxygen atoms in total. The van der Waals surface area contributed by atoms with Crippen molar-refractivity contribution in [2.24, 2.45) is 10.7 Å². The van der Waals surface area contributed by atoms with E-state index in [9.17, 15) is 21.6 Å². The highest BCUT2D eigenvalue weighted by molar-refractivity contribution is 7.88. The number of benzene rings is 2.